The molecule has 3 rings (SSSR count). The molecule has 1 aromatic carbocycles. The van der Waals surface area contributed by atoms with Gasteiger partial charge in [-0.25, -0.2) is 4.98 Å². The number of nitrogens with zero attached hydrogens (tertiary/aromatic N) is 1. The molecule has 8 heteroatoms. The lowest BCUT2D eigenvalue weighted by atomic mass is 9.83. The van der Waals surface area contributed by atoms with Gasteiger partial charge in [-0.15, -0.1) is 0 Å². The number of carbonyl (C=O) groups is 2. The average molecular weight is 372 g/mol. The van der Waals surface area contributed by atoms with Crippen molar-refractivity contribution in [1.29, 1.82) is 0 Å². The first-order valence-corrected chi connectivity index (χ1v) is 9.06. The van der Waals surface area contributed by atoms with Crippen molar-refractivity contribution in [2.24, 2.45) is 5.92 Å². The van der Waals surface area contributed by atoms with Gasteiger partial charge in [0.15, 0.2) is 0 Å². The predicted molar refractivity (Wildman–Crippen MR) is 98.1 cm³/mol. The molecular formula is C19H24N4O4. The largest absolute Gasteiger partial charge is 0.492 e. The van der Waals surface area contributed by atoms with Crippen LogP contribution < -0.4 is 15.4 Å². The molecule has 27 heavy (non-hydrogen) atoms. The van der Waals surface area contributed by atoms with Crippen LogP contribution in [0.2, 0.25) is 0 Å². The zero-order chi connectivity index (χ0) is 19.1. The predicted octanol–water partition coefficient (Wildman–Crippen LogP) is 0.864. The number of imidazole rings is 1. The highest BCUT2D eigenvalue weighted by Gasteiger charge is 2.33. The molecule has 3 atom stereocenters. The number of aliphatic hydroxyl groups excluding tert-OH is 1. The zero-order valence-corrected chi connectivity index (χ0v) is 14.9. The van der Waals surface area contributed by atoms with E-state index in [0.29, 0.717) is 38.1 Å². The fourth-order valence-corrected chi connectivity index (χ4v) is 3.18. The molecule has 2 amide bonds. The van der Waals surface area contributed by atoms with Crippen molar-refractivity contribution >= 4 is 11.8 Å². The number of hydrogen-bond acceptors (Lipinski definition) is 5. The Labute approximate surface area is 157 Å². The highest BCUT2D eigenvalue weighted by molar-refractivity contribution is 5.92. The van der Waals surface area contributed by atoms with Gasteiger partial charge in [0.25, 0.3) is 5.91 Å². The number of nitrogens with one attached hydrogen (secondary N) is 3. The number of hydrogen-bond donors (Lipinski definition) is 4. The number of aromatic nitrogens is 2. The van der Waals surface area contributed by atoms with E-state index >= 15 is 0 Å². The molecule has 1 aliphatic rings. The lowest BCUT2D eigenvalue weighted by Crippen LogP contribution is -2.49. The summed E-state index contributed by atoms with van der Waals surface area (Å²) in [4.78, 5) is 30.9. The molecular weight excluding hydrogens is 348 g/mol. The number of ether oxygens (including phenoxy) is 1. The fraction of sp³-hybridized carbons (Fsp3) is 0.421. The van der Waals surface area contributed by atoms with E-state index in [9.17, 15) is 14.7 Å². The summed E-state index contributed by atoms with van der Waals surface area (Å²) in [5.74, 6) is 0.0919. The molecule has 1 heterocycles. The first kappa shape index (κ1) is 18.9. The van der Waals surface area contributed by atoms with Gasteiger partial charge in [0.1, 0.15) is 18.1 Å². The molecule has 0 bridgehead atoms. The minimum absolute atomic E-state index is 0.0935. The second kappa shape index (κ2) is 9.18. The second-order valence-corrected chi connectivity index (χ2v) is 6.58. The third-order valence-corrected chi connectivity index (χ3v) is 4.66. The van der Waals surface area contributed by atoms with Gasteiger partial charge < -0.3 is 25.5 Å². The topological polar surface area (TPSA) is 116 Å². The molecule has 0 spiro atoms. The van der Waals surface area contributed by atoms with Crippen molar-refractivity contribution in [2.75, 3.05) is 13.2 Å². The van der Waals surface area contributed by atoms with E-state index in [1.807, 2.05) is 30.3 Å². The van der Waals surface area contributed by atoms with Crippen LogP contribution in [0, 0.1) is 5.92 Å². The van der Waals surface area contributed by atoms with Crippen LogP contribution in [0.25, 0.3) is 0 Å². The summed E-state index contributed by atoms with van der Waals surface area (Å²) in [5.41, 5.74) is 0.348. The first-order chi connectivity index (χ1) is 13.1. The molecule has 0 aliphatic heterocycles. The Bertz CT molecular complexity index is 735. The summed E-state index contributed by atoms with van der Waals surface area (Å²) >= 11 is 0. The number of H-pyrrole nitrogens is 1. The van der Waals surface area contributed by atoms with Gasteiger partial charge in [-0.3, -0.25) is 9.59 Å². The van der Waals surface area contributed by atoms with Gasteiger partial charge in [-0.05, 0) is 31.4 Å². The van der Waals surface area contributed by atoms with Crippen molar-refractivity contribution in [1.82, 2.24) is 20.6 Å². The monoisotopic (exact) mass is 372 g/mol. The van der Waals surface area contributed by atoms with Crippen LogP contribution in [-0.4, -0.2) is 52.2 Å². The number of aromatic amines is 1. The Balaban J connectivity index is 1.38. The summed E-state index contributed by atoms with van der Waals surface area (Å²) in [5, 5.41) is 15.9. The van der Waals surface area contributed by atoms with Gasteiger partial charge in [0.2, 0.25) is 5.91 Å². The number of aliphatic hydroxyl groups is 1. The summed E-state index contributed by atoms with van der Waals surface area (Å²) in [6, 6.07) is 9.03. The van der Waals surface area contributed by atoms with Crippen LogP contribution in [0.4, 0.5) is 0 Å². The Kier molecular flexibility index (Phi) is 6.43. The van der Waals surface area contributed by atoms with Crippen LogP contribution in [-0.2, 0) is 4.79 Å². The molecule has 0 saturated heterocycles. The van der Waals surface area contributed by atoms with Crippen molar-refractivity contribution in [3.8, 4) is 5.75 Å². The van der Waals surface area contributed by atoms with Crippen LogP contribution in [0.3, 0.4) is 0 Å². The highest BCUT2D eigenvalue weighted by Crippen LogP contribution is 2.25. The van der Waals surface area contributed by atoms with Gasteiger partial charge >= 0.3 is 0 Å². The van der Waals surface area contributed by atoms with Crippen molar-refractivity contribution < 1.29 is 19.4 Å². The molecule has 1 aliphatic carbocycles. The molecule has 0 unspecified atom stereocenters. The maximum atomic E-state index is 12.3. The van der Waals surface area contributed by atoms with E-state index in [1.165, 1.54) is 12.5 Å². The van der Waals surface area contributed by atoms with Gasteiger partial charge in [0.05, 0.1) is 31.2 Å². The third kappa shape index (κ3) is 5.30. The van der Waals surface area contributed by atoms with E-state index in [-0.39, 0.29) is 23.8 Å². The Morgan fingerprint density at radius 3 is 2.78 bits per heavy atom. The highest BCUT2D eigenvalue weighted by atomic mass is 16.5. The number of rotatable bonds is 7. The van der Waals surface area contributed by atoms with E-state index < -0.39 is 6.10 Å². The quantitative estimate of drug-likeness (QED) is 0.538. The number of carbonyl (C=O) groups excluding carboxylic acids is 2. The lowest BCUT2D eigenvalue weighted by Gasteiger charge is -2.32. The number of amides is 2. The summed E-state index contributed by atoms with van der Waals surface area (Å²) in [6.45, 7) is 0.786. The summed E-state index contributed by atoms with van der Waals surface area (Å²) < 4.78 is 5.54. The molecule has 8 nitrogen and oxygen atoms in total. The van der Waals surface area contributed by atoms with Crippen molar-refractivity contribution in [3.05, 3.63) is 48.5 Å². The first-order valence-electron chi connectivity index (χ1n) is 9.06. The van der Waals surface area contributed by atoms with Gasteiger partial charge in [-0.1, -0.05) is 18.2 Å². The second-order valence-electron chi connectivity index (χ2n) is 6.58. The SMILES string of the molecule is O=C(N[C@@H]1CC[C@H](C(=O)NCCOc2ccccc2)C[C@H]1O)c1cnc[nH]1. The number of benzene rings is 1. The standard InChI is InChI=1S/C19H24N4O4/c24-17-10-13(6-7-15(17)23-19(26)16-11-20-12-22-16)18(25)21-8-9-27-14-4-2-1-3-5-14/h1-5,11-13,15,17,24H,6-10H2,(H,20,22)(H,21,25)(H,23,26)/t13-,15+,17+/m0/s1. The fourth-order valence-electron chi connectivity index (χ4n) is 3.18. The molecule has 144 valence electrons. The average Bonchev–Trinajstić information content (AvgIpc) is 3.22. The zero-order valence-electron chi connectivity index (χ0n) is 14.9. The lowest BCUT2D eigenvalue weighted by molar-refractivity contribution is -0.127. The minimum Gasteiger partial charge on any atom is -0.492 e. The number of para-hydroxylation sites is 1. The molecule has 4 N–H and O–H groups in total. The smallest absolute Gasteiger partial charge is 0.269 e. The van der Waals surface area contributed by atoms with E-state index in [2.05, 4.69) is 20.6 Å². The Hall–Kier alpha value is -2.87. The molecule has 1 aromatic heterocycles. The molecule has 0 radical (unpaired) electrons. The molecule has 1 fully saturated rings. The van der Waals surface area contributed by atoms with Crippen LogP contribution >= 0.6 is 0 Å². The maximum Gasteiger partial charge on any atom is 0.269 e. The van der Waals surface area contributed by atoms with E-state index in [1.54, 1.807) is 0 Å². The van der Waals surface area contributed by atoms with E-state index in [4.69, 9.17) is 4.74 Å². The molecule has 2 aromatic rings. The Morgan fingerprint density at radius 1 is 1.26 bits per heavy atom. The normalized spacial score (nSPS) is 22.0. The Morgan fingerprint density at radius 2 is 2.07 bits per heavy atom. The van der Waals surface area contributed by atoms with Gasteiger partial charge in [0, 0.05) is 5.92 Å². The maximum absolute atomic E-state index is 12.3. The third-order valence-electron chi connectivity index (χ3n) is 4.66. The minimum atomic E-state index is -0.762. The van der Waals surface area contributed by atoms with E-state index in [0.717, 1.165) is 5.75 Å². The summed E-state index contributed by atoms with van der Waals surface area (Å²) in [7, 11) is 0. The van der Waals surface area contributed by atoms with Crippen LogP contribution in [0.15, 0.2) is 42.9 Å². The summed E-state index contributed by atoms with van der Waals surface area (Å²) in [6.07, 6.45) is 3.56. The molecule has 1 saturated carbocycles. The van der Waals surface area contributed by atoms with Crippen LogP contribution in [0.1, 0.15) is 29.8 Å². The van der Waals surface area contributed by atoms with Crippen molar-refractivity contribution in [3.63, 3.8) is 0 Å². The van der Waals surface area contributed by atoms with Crippen LogP contribution in [0.5, 0.6) is 5.75 Å². The van der Waals surface area contributed by atoms with Crippen molar-refractivity contribution in [2.45, 2.75) is 31.4 Å². The van der Waals surface area contributed by atoms with Gasteiger partial charge in [-0.2, -0.15) is 0 Å².